The van der Waals surface area contributed by atoms with E-state index in [1.54, 1.807) is 27.7 Å². The first-order valence-electron chi connectivity index (χ1n) is 9.51. The second-order valence-corrected chi connectivity index (χ2v) is 9.08. The van der Waals surface area contributed by atoms with Crippen molar-refractivity contribution in [3.63, 3.8) is 0 Å². The molecule has 2 fully saturated rings. The highest BCUT2D eigenvalue weighted by Gasteiger charge is 2.50. The molecule has 0 radical (unpaired) electrons. The molecule has 2 aliphatic rings. The first-order valence-corrected chi connectivity index (χ1v) is 9.51. The number of ether oxygens (including phenoxy) is 3. The molecule has 4 rings (SSSR count). The lowest BCUT2D eigenvalue weighted by Gasteiger charge is -2.39. The number of anilines is 1. The van der Waals surface area contributed by atoms with Gasteiger partial charge in [-0.15, -0.1) is 0 Å². The fourth-order valence-electron chi connectivity index (χ4n) is 5.59. The summed E-state index contributed by atoms with van der Waals surface area (Å²) in [5, 5.41) is 0.945. The molecule has 1 aliphatic heterocycles. The molecule has 146 valence electrons. The van der Waals surface area contributed by atoms with Crippen LogP contribution >= 0.6 is 0 Å². The van der Waals surface area contributed by atoms with Crippen LogP contribution in [0, 0.1) is 10.8 Å². The van der Waals surface area contributed by atoms with Crippen LogP contribution in [0.1, 0.15) is 40.0 Å². The summed E-state index contributed by atoms with van der Waals surface area (Å²) in [6.07, 6.45) is 5.27. The number of methoxy groups -OCH3 is 3. The van der Waals surface area contributed by atoms with Gasteiger partial charge in [-0.05, 0) is 36.2 Å². The van der Waals surface area contributed by atoms with Crippen molar-refractivity contribution in [2.75, 3.05) is 32.8 Å². The average Bonchev–Trinajstić information content (AvgIpc) is 2.87. The van der Waals surface area contributed by atoms with Gasteiger partial charge in [-0.25, -0.2) is 9.97 Å². The number of hydrogen-bond donors (Lipinski definition) is 0. The predicted molar refractivity (Wildman–Crippen MR) is 106 cm³/mol. The Morgan fingerprint density at radius 2 is 1.74 bits per heavy atom. The maximum absolute atomic E-state index is 5.64. The van der Waals surface area contributed by atoms with Gasteiger partial charge in [0.25, 0.3) is 0 Å². The van der Waals surface area contributed by atoms with Crippen LogP contribution in [0.4, 0.5) is 5.82 Å². The van der Waals surface area contributed by atoms with Crippen molar-refractivity contribution < 1.29 is 14.2 Å². The van der Waals surface area contributed by atoms with Gasteiger partial charge in [0.05, 0.1) is 26.7 Å². The summed E-state index contributed by atoms with van der Waals surface area (Å²) in [4.78, 5) is 11.7. The van der Waals surface area contributed by atoms with E-state index in [-0.39, 0.29) is 0 Å². The molecule has 0 unspecified atom stereocenters. The zero-order valence-corrected chi connectivity index (χ0v) is 17.1. The van der Waals surface area contributed by atoms with Gasteiger partial charge in [0.1, 0.15) is 17.7 Å². The number of hydrogen-bond acceptors (Lipinski definition) is 6. The van der Waals surface area contributed by atoms with Crippen LogP contribution in [0.5, 0.6) is 17.2 Å². The van der Waals surface area contributed by atoms with E-state index >= 15 is 0 Å². The van der Waals surface area contributed by atoms with E-state index in [9.17, 15) is 0 Å². The molecule has 1 saturated carbocycles. The van der Waals surface area contributed by atoms with E-state index in [0.29, 0.717) is 34.1 Å². The average molecular weight is 371 g/mol. The fourth-order valence-corrected chi connectivity index (χ4v) is 5.59. The highest BCUT2D eigenvalue weighted by molar-refractivity contribution is 5.97. The number of rotatable bonds is 4. The van der Waals surface area contributed by atoms with Crippen LogP contribution in [0.3, 0.4) is 0 Å². The monoisotopic (exact) mass is 371 g/mol. The van der Waals surface area contributed by atoms with Crippen LogP contribution < -0.4 is 19.1 Å². The van der Waals surface area contributed by atoms with Crippen molar-refractivity contribution in [1.29, 1.82) is 0 Å². The SMILES string of the molecule is COc1cc2c(N3C[C@]4(C)C[C@H]3CC(C)(C)C4)ncnc2c(OC)c1OC. The van der Waals surface area contributed by atoms with E-state index in [4.69, 9.17) is 19.2 Å². The predicted octanol–water partition coefficient (Wildman–Crippen LogP) is 4.06. The third kappa shape index (κ3) is 2.86. The summed E-state index contributed by atoms with van der Waals surface area (Å²) in [5.41, 5.74) is 1.43. The Hall–Kier alpha value is -2.24. The molecule has 0 spiro atoms. The highest BCUT2D eigenvalue weighted by atomic mass is 16.5. The van der Waals surface area contributed by atoms with E-state index in [0.717, 1.165) is 23.3 Å². The van der Waals surface area contributed by atoms with Gasteiger partial charge in [-0.2, -0.15) is 0 Å². The molecule has 2 bridgehead atoms. The van der Waals surface area contributed by atoms with Crippen LogP contribution in [-0.2, 0) is 0 Å². The molecule has 6 heteroatoms. The Kier molecular flexibility index (Phi) is 4.13. The first-order chi connectivity index (χ1) is 12.8. The van der Waals surface area contributed by atoms with Crippen molar-refractivity contribution in [3.05, 3.63) is 12.4 Å². The van der Waals surface area contributed by atoms with Gasteiger partial charge < -0.3 is 19.1 Å². The maximum Gasteiger partial charge on any atom is 0.205 e. The molecular formula is C21H29N3O3. The van der Waals surface area contributed by atoms with Gasteiger partial charge in [-0.3, -0.25) is 0 Å². The molecule has 2 atom stereocenters. The lowest BCUT2D eigenvalue weighted by molar-refractivity contribution is 0.136. The lowest BCUT2D eigenvalue weighted by atomic mass is 9.65. The summed E-state index contributed by atoms with van der Waals surface area (Å²) < 4.78 is 16.7. The van der Waals surface area contributed by atoms with E-state index < -0.39 is 0 Å². The molecule has 0 N–H and O–H groups in total. The third-order valence-electron chi connectivity index (χ3n) is 6.10. The molecule has 1 aliphatic carbocycles. The molecule has 6 nitrogen and oxygen atoms in total. The van der Waals surface area contributed by atoms with Crippen molar-refractivity contribution in [3.8, 4) is 17.2 Å². The van der Waals surface area contributed by atoms with Crippen LogP contribution in [0.2, 0.25) is 0 Å². The van der Waals surface area contributed by atoms with Crippen LogP contribution in [-0.4, -0.2) is 43.9 Å². The molecule has 2 aromatic rings. The second kappa shape index (κ2) is 6.14. The summed E-state index contributed by atoms with van der Waals surface area (Å²) in [6, 6.07) is 2.47. The lowest BCUT2D eigenvalue weighted by Crippen LogP contribution is -2.35. The molecular weight excluding hydrogens is 342 g/mol. The van der Waals surface area contributed by atoms with E-state index in [1.807, 2.05) is 6.07 Å². The Balaban J connectivity index is 1.89. The normalized spacial score (nSPS) is 26.3. The Morgan fingerprint density at radius 3 is 2.41 bits per heavy atom. The fraction of sp³-hybridized carbons (Fsp3) is 0.619. The zero-order valence-electron chi connectivity index (χ0n) is 17.1. The topological polar surface area (TPSA) is 56.7 Å². The Morgan fingerprint density at radius 1 is 1.00 bits per heavy atom. The third-order valence-corrected chi connectivity index (χ3v) is 6.10. The highest BCUT2D eigenvalue weighted by Crippen LogP contribution is 2.54. The smallest absolute Gasteiger partial charge is 0.205 e. The van der Waals surface area contributed by atoms with Crippen molar-refractivity contribution in [2.45, 2.75) is 46.1 Å². The molecule has 0 amide bonds. The van der Waals surface area contributed by atoms with Gasteiger partial charge in [0, 0.05) is 12.6 Å². The van der Waals surface area contributed by atoms with Crippen molar-refractivity contribution in [1.82, 2.24) is 9.97 Å². The van der Waals surface area contributed by atoms with Gasteiger partial charge in [-0.1, -0.05) is 20.8 Å². The summed E-state index contributed by atoms with van der Waals surface area (Å²) in [5.74, 6) is 2.74. The number of fused-ring (bicyclic) bond motifs is 3. The zero-order chi connectivity index (χ0) is 19.4. The molecule has 2 heterocycles. The Labute approximate surface area is 160 Å². The van der Waals surface area contributed by atoms with Crippen LogP contribution in [0.25, 0.3) is 10.9 Å². The van der Waals surface area contributed by atoms with Gasteiger partial charge in [0.15, 0.2) is 11.5 Å². The van der Waals surface area contributed by atoms with E-state index in [2.05, 4.69) is 30.7 Å². The van der Waals surface area contributed by atoms with Crippen molar-refractivity contribution >= 4 is 16.7 Å². The number of nitrogens with zero attached hydrogens (tertiary/aromatic N) is 3. The largest absolute Gasteiger partial charge is 0.493 e. The molecule has 1 saturated heterocycles. The second-order valence-electron chi connectivity index (χ2n) is 9.08. The summed E-state index contributed by atoms with van der Waals surface area (Å²) in [6.45, 7) is 8.20. The quantitative estimate of drug-likeness (QED) is 0.808. The van der Waals surface area contributed by atoms with Gasteiger partial charge >= 0.3 is 0 Å². The van der Waals surface area contributed by atoms with Crippen LogP contribution in [0.15, 0.2) is 12.4 Å². The standard InChI is InChI=1S/C21H29N3O3/c1-20(2)8-13-9-21(3,10-20)11-24(13)19-14-7-15(25-4)17(26-5)18(27-6)16(14)22-12-23-19/h7,12-13H,8-11H2,1-6H3/t13-,21-/m1/s1. The number of benzene rings is 1. The first kappa shape index (κ1) is 18.1. The van der Waals surface area contributed by atoms with E-state index in [1.165, 1.54) is 19.3 Å². The summed E-state index contributed by atoms with van der Waals surface area (Å²) >= 11 is 0. The summed E-state index contributed by atoms with van der Waals surface area (Å²) in [7, 11) is 4.88. The molecule has 1 aromatic carbocycles. The maximum atomic E-state index is 5.64. The molecule has 1 aromatic heterocycles. The minimum atomic E-state index is 0.324. The Bertz CT molecular complexity index is 883. The van der Waals surface area contributed by atoms with Gasteiger partial charge in [0.2, 0.25) is 5.75 Å². The minimum absolute atomic E-state index is 0.324. The number of aromatic nitrogens is 2. The minimum Gasteiger partial charge on any atom is -0.493 e. The molecule has 27 heavy (non-hydrogen) atoms. The van der Waals surface area contributed by atoms with Crippen molar-refractivity contribution in [2.24, 2.45) is 10.8 Å².